The van der Waals surface area contributed by atoms with Crippen LogP contribution in [-0.4, -0.2) is 18.5 Å². The summed E-state index contributed by atoms with van der Waals surface area (Å²) < 4.78 is 4.79. The van der Waals surface area contributed by atoms with Crippen LogP contribution in [0.5, 0.6) is 0 Å². The summed E-state index contributed by atoms with van der Waals surface area (Å²) in [6.45, 7) is 2.51. The molecule has 0 saturated carbocycles. The van der Waals surface area contributed by atoms with Crippen molar-refractivity contribution in [1.82, 2.24) is 0 Å². The second-order valence-corrected chi connectivity index (χ2v) is 4.19. The third-order valence-corrected chi connectivity index (χ3v) is 2.45. The average molecular weight is 247 g/mol. The Kier molecular flexibility index (Phi) is 12.2. The summed E-state index contributed by atoms with van der Waals surface area (Å²) >= 11 is 5.39. The van der Waals surface area contributed by atoms with E-state index in [4.69, 9.17) is 16.3 Å². The number of unbranched alkanes of at least 4 members (excludes halogenated alkanes) is 6. The van der Waals surface area contributed by atoms with Crippen LogP contribution in [0, 0.1) is 0 Å². The Hall–Kier alpha value is -0.500. The zero-order chi connectivity index (χ0) is 12.1. The first kappa shape index (κ1) is 15.5. The molecule has 0 aliphatic carbocycles. The summed E-state index contributed by atoms with van der Waals surface area (Å²) in [5.74, 6) is 0.0726. The topological polar surface area (TPSA) is 26.3 Å². The zero-order valence-corrected chi connectivity index (χ0v) is 11.0. The fourth-order valence-electron chi connectivity index (χ4n) is 1.41. The first-order valence-electron chi connectivity index (χ1n) is 6.20. The quantitative estimate of drug-likeness (QED) is 0.251. The van der Waals surface area contributed by atoms with E-state index in [-0.39, 0.29) is 5.97 Å². The highest BCUT2D eigenvalue weighted by molar-refractivity contribution is 6.18. The molecule has 0 amide bonds. The predicted octanol–water partition coefficient (Wildman–Crippen LogP) is 4.08. The van der Waals surface area contributed by atoms with Crippen LogP contribution in [0.2, 0.25) is 0 Å². The Bertz CT molecular complexity index is 190. The molecular weight excluding hydrogens is 224 g/mol. The van der Waals surface area contributed by atoms with E-state index >= 15 is 0 Å². The Morgan fingerprint density at radius 2 is 1.88 bits per heavy atom. The summed E-state index contributed by atoms with van der Waals surface area (Å²) in [5.41, 5.74) is 0. The summed E-state index contributed by atoms with van der Waals surface area (Å²) in [4.78, 5) is 11.0. The largest absolute Gasteiger partial charge is 0.461 e. The second-order valence-electron chi connectivity index (χ2n) is 3.82. The van der Waals surface area contributed by atoms with Crippen LogP contribution in [0.4, 0.5) is 0 Å². The lowest BCUT2D eigenvalue weighted by atomic mass is 10.1. The first-order chi connectivity index (χ1) is 7.81. The zero-order valence-electron chi connectivity index (χ0n) is 10.2. The normalized spacial score (nSPS) is 10.9. The summed E-state index contributed by atoms with van der Waals surface area (Å²) in [7, 11) is 0. The van der Waals surface area contributed by atoms with Gasteiger partial charge in [-0.25, -0.2) is 4.79 Å². The molecule has 16 heavy (non-hydrogen) atoms. The molecule has 0 aromatic heterocycles. The molecule has 0 aliphatic rings. The van der Waals surface area contributed by atoms with Gasteiger partial charge in [0.05, 0.1) is 5.88 Å². The van der Waals surface area contributed by atoms with E-state index in [1.165, 1.54) is 38.2 Å². The number of hydrogen-bond donors (Lipinski definition) is 0. The van der Waals surface area contributed by atoms with Gasteiger partial charge in [0.2, 0.25) is 0 Å². The van der Waals surface area contributed by atoms with Gasteiger partial charge in [0.25, 0.3) is 0 Å². The van der Waals surface area contributed by atoms with Crippen molar-refractivity contribution in [3.63, 3.8) is 0 Å². The number of halogens is 1. The van der Waals surface area contributed by atoms with Gasteiger partial charge >= 0.3 is 5.97 Å². The molecular formula is C13H23ClO2. The molecule has 0 spiro atoms. The molecule has 0 aromatic carbocycles. The van der Waals surface area contributed by atoms with Crippen LogP contribution >= 0.6 is 11.6 Å². The van der Waals surface area contributed by atoms with Gasteiger partial charge < -0.3 is 4.74 Å². The number of allylic oxidation sites excluding steroid dienone is 1. The lowest BCUT2D eigenvalue weighted by Gasteiger charge is -1.98. The molecule has 0 bridgehead atoms. The van der Waals surface area contributed by atoms with Gasteiger partial charge in [0.1, 0.15) is 6.61 Å². The highest BCUT2D eigenvalue weighted by Crippen LogP contribution is 2.07. The van der Waals surface area contributed by atoms with Crippen LogP contribution in [0.3, 0.4) is 0 Å². The maximum Gasteiger partial charge on any atom is 0.330 e. The van der Waals surface area contributed by atoms with Crippen molar-refractivity contribution in [3.05, 3.63) is 12.2 Å². The highest BCUT2D eigenvalue weighted by Gasteiger charge is 1.94. The van der Waals surface area contributed by atoms with E-state index in [1.54, 1.807) is 0 Å². The van der Waals surface area contributed by atoms with Gasteiger partial charge in [0, 0.05) is 6.08 Å². The van der Waals surface area contributed by atoms with Crippen LogP contribution in [0.15, 0.2) is 12.2 Å². The van der Waals surface area contributed by atoms with Crippen molar-refractivity contribution < 1.29 is 9.53 Å². The molecule has 0 rings (SSSR count). The van der Waals surface area contributed by atoms with Crippen molar-refractivity contribution >= 4 is 17.6 Å². The first-order valence-corrected chi connectivity index (χ1v) is 6.74. The number of carbonyl (C=O) groups is 1. The predicted molar refractivity (Wildman–Crippen MR) is 68.8 cm³/mol. The number of ether oxygens (including phenoxy) is 1. The SMILES string of the molecule is CCCCCCCCC=CC(=O)OCCCl. The van der Waals surface area contributed by atoms with E-state index in [2.05, 4.69) is 6.92 Å². The van der Waals surface area contributed by atoms with E-state index < -0.39 is 0 Å². The van der Waals surface area contributed by atoms with Crippen LogP contribution in [0.1, 0.15) is 51.9 Å². The van der Waals surface area contributed by atoms with Crippen molar-refractivity contribution in [2.24, 2.45) is 0 Å². The summed E-state index contributed by atoms with van der Waals surface area (Å²) in [6.07, 6.45) is 12.0. The lowest BCUT2D eigenvalue weighted by molar-refractivity contribution is -0.137. The van der Waals surface area contributed by atoms with Crippen molar-refractivity contribution in [1.29, 1.82) is 0 Å². The van der Waals surface area contributed by atoms with Crippen molar-refractivity contribution in [2.45, 2.75) is 51.9 Å². The van der Waals surface area contributed by atoms with Gasteiger partial charge in [-0.15, -0.1) is 11.6 Å². The molecule has 2 nitrogen and oxygen atoms in total. The maximum atomic E-state index is 11.0. The van der Waals surface area contributed by atoms with Crippen LogP contribution < -0.4 is 0 Å². The number of alkyl halides is 1. The van der Waals surface area contributed by atoms with Crippen molar-refractivity contribution in [2.75, 3.05) is 12.5 Å². The minimum absolute atomic E-state index is 0.286. The maximum absolute atomic E-state index is 11.0. The fraction of sp³-hybridized carbons (Fsp3) is 0.769. The third kappa shape index (κ3) is 11.6. The van der Waals surface area contributed by atoms with Crippen molar-refractivity contribution in [3.8, 4) is 0 Å². The number of esters is 1. The minimum Gasteiger partial charge on any atom is -0.461 e. The molecule has 0 aromatic rings. The van der Waals surface area contributed by atoms with Gasteiger partial charge in [-0.05, 0) is 12.8 Å². The minimum atomic E-state index is -0.286. The number of carbonyl (C=O) groups excluding carboxylic acids is 1. The smallest absolute Gasteiger partial charge is 0.330 e. The fourth-order valence-corrected chi connectivity index (χ4v) is 1.49. The molecule has 0 radical (unpaired) electrons. The lowest BCUT2D eigenvalue weighted by Crippen LogP contribution is -2.02. The molecule has 0 aliphatic heterocycles. The van der Waals surface area contributed by atoms with E-state index in [9.17, 15) is 4.79 Å². The summed E-state index contributed by atoms with van der Waals surface area (Å²) in [6, 6.07) is 0. The highest BCUT2D eigenvalue weighted by atomic mass is 35.5. The van der Waals surface area contributed by atoms with Gasteiger partial charge in [-0.3, -0.25) is 0 Å². The number of rotatable bonds is 10. The molecule has 0 N–H and O–H groups in total. The average Bonchev–Trinajstić information content (AvgIpc) is 2.30. The molecule has 0 heterocycles. The molecule has 0 fully saturated rings. The van der Waals surface area contributed by atoms with Crippen LogP contribution in [-0.2, 0) is 9.53 Å². The Morgan fingerprint density at radius 1 is 1.19 bits per heavy atom. The van der Waals surface area contributed by atoms with E-state index in [1.807, 2.05) is 6.08 Å². The van der Waals surface area contributed by atoms with E-state index in [0.29, 0.717) is 12.5 Å². The standard InChI is InChI=1S/C13H23ClO2/c1-2-3-4-5-6-7-8-9-10-13(15)16-12-11-14/h9-10H,2-8,11-12H2,1H3. The molecule has 0 unspecified atom stereocenters. The third-order valence-electron chi connectivity index (χ3n) is 2.30. The Labute approximate surface area is 104 Å². The molecule has 0 saturated heterocycles. The van der Waals surface area contributed by atoms with Gasteiger partial charge in [-0.1, -0.05) is 45.1 Å². The molecule has 94 valence electrons. The second kappa shape index (κ2) is 12.6. The monoisotopic (exact) mass is 246 g/mol. The Balaban J connectivity index is 3.23. The van der Waals surface area contributed by atoms with Gasteiger partial charge in [-0.2, -0.15) is 0 Å². The van der Waals surface area contributed by atoms with Gasteiger partial charge in [0.15, 0.2) is 0 Å². The summed E-state index contributed by atoms with van der Waals surface area (Å²) in [5, 5.41) is 0. The molecule has 0 atom stereocenters. The molecule has 3 heteroatoms. The number of hydrogen-bond acceptors (Lipinski definition) is 2. The van der Waals surface area contributed by atoms with E-state index in [0.717, 1.165) is 12.8 Å². The Morgan fingerprint density at radius 3 is 2.56 bits per heavy atom. The van der Waals surface area contributed by atoms with Crippen LogP contribution in [0.25, 0.3) is 0 Å².